The number of rotatable bonds is 4. The fourth-order valence-electron chi connectivity index (χ4n) is 4.01. The van der Waals surface area contributed by atoms with Gasteiger partial charge in [-0.3, -0.25) is 9.59 Å². The maximum absolute atomic E-state index is 12.5. The Balaban J connectivity index is 1.43. The summed E-state index contributed by atoms with van der Waals surface area (Å²) in [5.74, 6) is 0.230. The summed E-state index contributed by atoms with van der Waals surface area (Å²) in [5, 5.41) is 3.21. The molecule has 23 heavy (non-hydrogen) atoms. The second-order valence-corrected chi connectivity index (χ2v) is 7.41. The van der Waals surface area contributed by atoms with Gasteiger partial charge in [-0.2, -0.15) is 0 Å². The largest absolute Gasteiger partial charge is 0.353 e. The maximum Gasteiger partial charge on any atom is 0.226 e. The Kier molecular flexibility index (Phi) is 5.57. The highest BCUT2D eigenvalue weighted by Gasteiger charge is 2.49. The summed E-state index contributed by atoms with van der Waals surface area (Å²) in [4.78, 5) is 29.3. The van der Waals surface area contributed by atoms with Crippen LogP contribution >= 0.6 is 0 Å². The summed E-state index contributed by atoms with van der Waals surface area (Å²) in [6.07, 6.45) is 8.00. The van der Waals surface area contributed by atoms with Crippen molar-refractivity contribution in [2.24, 2.45) is 11.8 Å². The van der Waals surface area contributed by atoms with Crippen LogP contribution in [0.1, 0.15) is 51.9 Å². The van der Waals surface area contributed by atoms with Gasteiger partial charge in [0.05, 0.1) is 11.8 Å². The number of amides is 2. The van der Waals surface area contributed by atoms with Gasteiger partial charge in [-0.25, -0.2) is 0 Å². The van der Waals surface area contributed by atoms with E-state index in [2.05, 4.69) is 17.1 Å². The molecule has 3 aliphatic rings. The second kappa shape index (κ2) is 7.65. The quantitative estimate of drug-likeness (QED) is 0.801. The van der Waals surface area contributed by atoms with E-state index in [4.69, 9.17) is 0 Å². The molecule has 3 fully saturated rings. The standard InChI is InChI=1S/C18H31N3O2/c1-2-20-9-11-21(12-10-20)18(23)16-13-15(16)17(22)19-14-7-5-3-4-6-8-14/h14-16H,2-13H2,1H3,(H,19,22). The van der Waals surface area contributed by atoms with E-state index in [0.29, 0.717) is 6.04 Å². The van der Waals surface area contributed by atoms with Crippen molar-refractivity contribution in [3.63, 3.8) is 0 Å². The van der Waals surface area contributed by atoms with Gasteiger partial charge in [0.1, 0.15) is 0 Å². The molecule has 0 radical (unpaired) electrons. The van der Waals surface area contributed by atoms with Gasteiger partial charge >= 0.3 is 0 Å². The predicted molar refractivity (Wildman–Crippen MR) is 89.9 cm³/mol. The number of nitrogens with one attached hydrogen (secondary N) is 1. The molecule has 0 spiro atoms. The van der Waals surface area contributed by atoms with Crippen LogP contribution in [0.2, 0.25) is 0 Å². The minimum absolute atomic E-state index is 0.0473. The predicted octanol–water partition coefficient (Wildman–Crippen LogP) is 1.63. The molecule has 1 heterocycles. The van der Waals surface area contributed by atoms with Crippen molar-refractivity contribution >= 4 is 11.8 Å². The summed E-state index contributed by atoms with van der Waals surface area (Å²) in [7, 11) is 0. The molecule has 1 aliphatic heterocycles. The van der Waals surface area contributed by atoms with E-state index in [-0.39, 0.29) is 23.7 Å². The normalized spacial score (nSPS) is 29.9. The lowest BCUT2D eigenvalue weighted by molar-refractivity contribution is -0.136. The van der Waals surface area contributed by atoms with Crippen molar-refractivity contribution in [1.82, 2.24) is 15.1 Å². The van der Waals surface area contributed by atoms with E-state index in [1.807, 2.05) is 4.90 Å². The highest BCUT2D eigenvalue weighted by Crippen LogP contribution is 2.40. The van der Waals surface area contributed by atoms with Crippen LogP contribution in [0.25, 0.3) is 0 Å². The van der Waals surface area contributed by atoms with Crippen LogP contribution in [0.3, 0.4) is 0 Å². The van der Waals surface area contributed by atoms with Gasteiger partial charge in [0.15, 0.2) is 0 Å². The van der Waals surface area contributed by atoms with Crippen molar-refractivity contribution in [1.29, 1.82) is 0 Å². The van der Waals surface area contributed by atoms with Crippen molar-refractivity contribution in [2.75, 3.05) is 32.7 Å². The number of hydrogen-bond acceptors (Lipinski definition) is 3. The van der Waals surface area contributed by atoms with Crippen molar-refractivity contribution in [3.05, 3.63) is 0 Å². The van der Waals surface area contributed by atoms with E-state index >= 15 is 0 Å². The fourth-order valence-corrected chi connectivity index (χ4v) is 4.01. The van der Waals surface area contributed by atoms with E-state index in [1.54, 1.807) is 0 Å². The number of carbonyl (C=O) groups excluding carboxylic acids is 2. The van der Waals surface area contributed by atoms with Crippen LogP contribution in [-0.4, -0.2) is 60.4 Å². The Morgan fingerprint density at radius 1 is 0.957 bits per heavy atom. The summed E-state index contributed by atoms with van der Waals surface area (Å²) in [5.41, 5.74) is 0. The molecule has 1 N–H and O–H groups in total. The molecule has 1 saturated heterocycles. The lowest BCUT2D eigenvalue weighted by atomic mass is 10.1. The molecule has 2 aliphatic carbocycles. The van der Waals surface area contributed by atoms with Crippen LogP contribution in [0.4, 0.5) is 0 Å². The molecule has 5 nitrogen and oxygen atoms in total. The first kappa shape index (κ1) is 16.7. The first-order valence-corrected chi connectivity index (χ1v) is 9.50. The Bertz CT molecular complexity index is 424. The van der Waals surface area contributed by atoms with Crippen LogP contribution in [0.5, 0.6) is 0 Å². The molecule has 2 amide bonds. The SMILES string of the molecule is CCN1CCN(C(=O)C2CC2C(=O)NC2CCCCCC2)CC1. The van der Waals surface area contributed by atoms with Crippen molar-refractivity contribution < 1.29 is 9.59 Å². The first-order valence-electron chi connectivity index (χ1n) is 9.50. The minimum atomic E-state index is -0.0602. The Morgan fingerprint density at radius 3 is 2.22 bits per heavy atom. The molecule has 2 saturated carbocycles. The molecular weight excluding hydrogens is 290 g/mol. The topological polar surface area (TPSA) is 52.7 Å². The Morgan fingerprint density at radius 2 is 1.61 bits per heavy atom. The summed E-state index contributed by atoms with van der Waals surface area (Å²) in [6.45, 7) is 6.78. The maximum atomic E-state index is 12.5. The molecule has 5 heteroatoms. The highest BCUT2D eigenvalue weighted by molar-refractivity contribution is 5.92. The second-order valence-electron chi connectivity index (χ2n) is 7.41. The van der Waals surface area contributed by atoms with Crippen LogP contribution in [0, 0.1) is 11.8 Å². The minimum Gasteiger partial charge on any atom is -0.353 e. The Hall–Kier alpha value is -1.10. The third-order valence-electron chi connectivity index (χ3n) is 5.78. The van der Waals surface area contributed by atoms with Gasteiger partial charge in [0.2, 0.25) is 11.8 Å². The van der Waals surface area contributed by atoms with E-state index in [9.17, 15) is 9.59 Å². The summed E-state index contributed by atoms with van der Waals surface area (Å²) in [6, 6.07) is 0.342. The number of carbonyl (C=O) groups is 2. The number of hydrogen-bond donors (Lipinski definition) is 1. The van der Waals surface area contributed by atoms with Gasteiger partial charge in [-0.1, -0.05) is 32.6 Å². The van der Waals surface area contributed by atoms with Gasteiger partial charge in [-0.05, 0) is 25.8 Å². The molecule has 0 aromatic carbocycles. The third kappa shape index (κ3) is 4.25. The Labute approximate surface area is 139 Å². The van der Waals surface area contributed by atoms with Gasteiger partial charge in [-0.15, -0.1) is 0 Å². The van der Waals surface area contributed by atoms with Crippen LogP contribution < -0.4 is 5.32 Å². The molecule has 0 aromatic heterocycles. The number of nitrogens with zero attached hydrogens (tertiary/aromatic N) is 2. The van der Waals surface area contributed by atoms with Gasteiger partial charge in [0.25, 0.3) is 0 Å². The van der Waals surface area contributed by atoms with E-state index in [1.165, 1.54) is 25.7 Å². The van der Waals surface area contributed by atoms with Crippen LogP contribution in [0.15, 0.2) is 0 Å². The lowest BCUT2D eigenvalue weighted by Crippen LogP contribution is -2.49. The zero-order valence-electron chi connectivity index (χ0n) is 14.4. The number of piperazine rings is 1. The highest BCUT2D eigenvalue weighted by atomic mass is 16.2. The fraction of sp³-hybridized carbons (Fsp3) is 0.889. The van der Waals surface area contributed by atoms with E-state index in [0.717, 1.165) is 52.0 Å². The zero-order chi connectivity index (χ0) is 16.2. The molecular formula is C18H31N3O2. The van der Waals surface area contributed by atoms with Crippen molar-refractivity contribution in [3.8, 4) is 0 Å². The average Bonchev–Trinajstić information content (AvgIpc) is 3.39. The monoisotopic (exact) mass is 321 g/mol. The molecule has 2 atom stereocenters. The van der Waals surface area contributed by atoms with Crippen molar-refractivity contribution in [2.45, 2.75) is 57.9 Å². The first-order chi connectivity index (χ1) is 11.2. The zero-order valence-corrected chi connectivity index (χ0v) is 14.4. The van der Waals surface area contributed by atoms with Crippen LogP contribution in [-0.2, 0) is 9.59 Å². The summed E-state index contributed by atoms with van der Waals surface area (Å²) < 4.78 is 0. The lowest BCUT2D eigenvalue weighted by Gasteiger charge is -2.34. The molecule has 0 aromatic rings. The molecule has 0 bridgehead atoms. The van der Waals surface area contributed by atoms with Gasteiger partial charge < -0.3 is 15.1 Å². The van der Waals surface area contributed by atoms with Gasteiger partial charge in [0, 0.05) is 32.2 Å². The van der Waals surface area contributed by atoms with E-state index < -0.39 is 0 Å². The molecule has 3 rings (SSSR count). The molecule has 130 valence electrons. The average molecular weight is 321 g/mol. The smallest absolute Gasteiger partial charge is 0.226 e. The molecule has 2 unspecified atom stereocenters. The number of likely N-dealkylation sites (N-methyl/N-ethyl adjacent to an activating group) is 1. The summed E-state index contributed by atoms with van der Waals surface area (Å²) >= 11 is 0. The third-order valence-corrected chi connectivity index (χ3v) is 5.78.